The lowest BCUT2D eigenvalue weighted by Gasteiger charge is -2.13. The molecule has 0 bridgehead atoms. The minimum absolute atomic E-state index is 0.413. The first-order chi connectivity index (χ1) is 9.65. The van der Waals surface area contributed by atoms with Crippen molar-refractivity contribution in [2.75, 3.05) is 25.0 Å². The third kappa shape index (κ3) is 3.29. The fourth-order valence-electron chi connectivity index (χ4n) is 1.72. The Morgan fingerprint density at radius 1 is 1.35 bits per heavy atom. The monoisotopic (exact) mass is 311 g/mol. The van der Waals surface area contributed by atoms with Crippen molar-refractivity contribution >= 4 is 35.0 Å². The highest BCUT2D eigenvalue weighted by Gasteiger charge is 2.23. The van der Waals surface area contributed by atoms with Crippen LogP contribution in [0.15, 0.2) is 47.2 Å². The van der Waals surface area contributed by atoms with E-state index in [1.54, 1.807) is 11.8 Å². The van der Waals surface area contributed by atoms with Crippen LogP contribution in [0.25, 0.3) is 0 Å². The van der Waals surface area contributed by atoms with Gasteiger partial charge in [-0.3, -0.25) is 0 Å². The normalized spacial score (nSPS) is 15.1. The fourth-order valence-corrected chi connectivity index (χ4v) is 2.84. The molecule has 0 amide bonds. The molecule has 0 aromatic heterocycles. The SMILES string of the molecule is COC=C(C(=O)OC)C1=CN(c2ccc(Cl)cc2)CS1. The van der Waals surface area contributed by atoms with Crippen molar-refractivity contribution in [3.8, 4) is 0 Å². The van der Waals surface area contributed by atoms with Crippen LogP contribution in [-0.4, -0.2) is 26.1 Å². The summed E-state index contributed by atoms with van der Waals surface area (Å²) in [6.45, 7) is 0. The molecule has 1 aliphatic heterocycles. The van der Waals surface area contributed by atoms with E-state index in [1.165, 1.54) is 20.5 Å². The molecule has 0 aliphatic carbocycles. The van der Waals surface area contributed by atoms with Crippen molar-refractivity contribution in [3.05, 3.63) is 52.2 Å². The van der Waals surface area contributed by atoms with Gasteiger partial charge in [0.25, 0.3) is 0 Å². The predicted octanol–water partition coefficient (Wildman–Crippen LogP) is 3.40. The largest absolute Gasteiger partial charge is 0.503 e. The molecule has 0 N–H and O–H groups in total. The number of hydrogen-bond acceptors (Lipinski definition) is 5. The van der Waals surface area contributed by atoms with Crippen molar-refractivity contribution in [2.45, 2.75) is 0 Å². The third-order valence-corrected chi connectivity index (χ3v) is 3.99. The number of halogens is 1. The topological polar surface area (TPSA) is 38.8 Å². The smallest absolute Gasteiger partial charge is 0.342 e. The minimum Gasteiger partial charge on any atom is -0.503 e. The fraction of sp³-hybridized carbons (Fsp3) is 0.214. The third-order valence-electron chi connectivity index (χ3n) is 2.70. The number of hydrogen-bond donors (Lipinski definition) is 0. The van der Waals surface area contributed by atoms with Gasteiger partial charge in [-0.05, 0) is 24.3 Å². The molecular formula is C14H14ClNO3S. The molecule has 106 valence electrons. The summed E-state index contributed by atoms with van der Waals surface area (Å²) in [5.74, 6) is 0.304. The summed E-state index contributed by atoms with van der Waals surface area (Å²) in [6.07, 6.45) is 3.30. The molecule has 0 radical (unpaired) electrons. The molecule has 2 rings (SSSR count). The Hall–Kier alpha value is -1.59. The number of thioether (sulfide) groups is 1. The number of carbonyl (C=O) groups excluding carboxylic acids is 1. The molecule has 1 aromatic carbocycles. The second kappa shape index (κ2) is 6.72. The number of nitrogens with zero attached hydrogens (tertiary/aromatic N) is 1. The summed E-state index contributed by atoms with van der Waals surface area (Å²) in [5.41, 5.74) is 1.43. The Balaban J connectivity index is 2.22. The zero-order chi connectivity index (χ0) is 14.5. The highest BCUT2D eigenvalue weighted by molar-refractivity contribution is 8.03. The average Bonchev–Trinajstić information content (AvgIpc) is 2.94. The lowest BCUT2D eigenvalue weighted by atomic mass is 10.2. The number of carbonyl (C=O) groups is 1. The van der Waals surface area contributed by atoms with Crippen LogP contribution in [0.1, 0.15) is 0 Å². The Labute approximate surface area is 127 Å². The van der Waals surface area contributed by atoms with Crippen molar-refractivity contribution in [2.24, 2.45) is 0 Å². The van der Waals surface area contributed by atoms with Crippen molar-refractivity contribution < 1.29 is 14.3 Å². The second-order valence-electron chi connectivity index (χ2n) is 3.97. The van der Waals surface area contributed by atoms with E-state index >= 15 is 0 Å². The molecule has 4 nitrogen and oxygen atoms in total. The van der Waals surface area contributed by atoms with E-state index in [0.717, 1.165) is 16.5 Å². The van der Waals surface area contributed by atoms with Gasteiger partial charge in [-0.15, -0.1) is 11.8 Å². The Morgan fingerprint density at radius 2 is 2.05 bits per heavy atom. The van der Waals surface area contributed by atoms with Crippen molar-refractivity contribution in [1.29, 1.82) is 0 Å². The van der Waals surface area contributed by atoms with E-state index in [4.69, 9.17) is 21.1 Å². The lowest BCUT2D eigenvalue weighted by Crippen LogP contribution is -2.10. The lowest BCUT2D eigenvalue weighted by molar-refractivity contribution is -0.135. The summed E-state index contributed by atoms with van der Waals surface area (Å²) < 4.78 is 9.70. The van der Waals surface area contributed by atoms with Crippen molar-refractivity contribution in [3.63, 3.8) is 0 Å². The van der Waals surface area contributed by atoms with Crippen LogP contribution in [-0.2, 0) is 14.3 Å². The zero-order valence-corrected chi connectivity index (χ0v) is 12.7. The number of anilines is 1. The molecule has 0 fully saturated rings. The van der Waals surface area contributed by atoms with Crippen LogP contribution < -0.4 is 4.90 Å². The summed E-state index contributed by atoms with van der Waals surface area (Å²) >= 11 is 7.42. The van der Waals surface area contributed by atoms with Crippen LogP contribution in [0.2, 0.25) is 5.02 Å². The minimum atomic E-state index is -0.413. The van der Waals surface area contributed by atoms with Gasteiger partial charge in [-0.2, -0.15) is 0 Å². The van der Waals surface area contributed by atoms with Crippen LogP contribution in [0, 0.1) is 0 Å². The number of benzene rings is 1. The Morgan fingerprint density at radius 3 is 2.65 bits per heavy atom. The Kier molecular flexibility index (Phi) is 4.98. The average molecular weight is 312 g/mol. The number of ether oxygens (including phenoxy) is 2. The van der Waals surface area contributed by atoms with Gasteiger partial charge < -0.3 is 14.4 Å². The molecule has 0 atom stereocenters. The van der Waals surface area contributed by atoms with E-state index < -0.39 is 5.97 Å². The highest BCUT2D eigenvalue weighted by atomic mass is 35.5. The quantitative estimate of drug-likeness (QED) is 0.484. The van der Waals surface area contributed by atoms with Gasteiger partial charge in [0.15, 0.2) is 0 Å². The van der Waals surface area contributed by atoms with Crippen molar-refractivity contribution in [1.82, 2.24) is 0 Å². The van der Waals surface area contributed by atoms with E-state index in [2.05, 4.69) is 0 Å². The van der Waals surface area contributed by atoms with Gasteiger partial charge in [0.2, 0.25) is 0 Å². The molecule has 0 saturated heterocycles. The molecule has 0 spiro atoms. The first-order valence-electron chi connectivity index (χ1n) is 5.84. The van der Waals surface area contributed by atoms with Crippen LogP contribution in [0.4, 0.5) is 5.69 Å². The maximum Gasteiger partial charge on any atom is 0.342 e. The molecular weight excluding hydrogens is 298 g/mol. The predicted molar refractivity (Wildman–Crippen MR) is 81.6 cm³/mol. The molecule has 6 heteroatoms. The maximum atomic E-state index is 11.7. The Bertz CT molecular complexity index is 554. The van der Waals surface area contributed by atoms with E-state index in [9.17, 15) is 4.79 Å². The summed E-state index contributed by atoms with van der Waals surface area (Å²) in [6, 6.07) is 7.53. The highest BCUT2D eigenvalue weighted by Crippen LogP contribution is 2.35. The van der Waals surface area contributed by atoms with Crippen LogP contribution >= 0.6 is 23.4 Å². The van der Waals surface area contributed by atoms with E-state index in [0.29, 0.717) is 10.6 Å². The standard InChI is InChI=1S/C14H14ClNO3S/c1-18-8-12(14(17)19-2)13-7-16(9-20-13)11-5-3-10(15)4-6-11/h3-8H,9H2,1-2H3. The van der Waals surface area contributed by atoms with Gasteiger partial charge in [0.1, 0.15) is 5.57 Å². The number of esters is 1. The van der Waals surface area contributed by atoms with Gasteiger partial charge >= 0.3 is 5.97 Å². The second-order valence-corrected chi connectivity index (χ2v) is 5.39. The molecule has 1 aliphatic rings. The summed E-state index contributed by atoms with van der Waals surface area (Å²) in [7, 11) is 2.85. The van der Waals surface area contributed by atoms with Gasteiger partial charge in [0.05, 0.1) is 26.4 Å². The summed E-state index contributed by atoms with van der Waals surface area (Å²) in [5, 5.41) is 0.694. The van der Waals surface area contributed by atoms with Crippen LogP contribution in [0.5, 0.6) is 0 Å². The molecule has 1 heterocycles. The van der Waals surface area contributed by atoms with Crippen LogP contribution in [0.3, 0.4) is 0 Å². The first kappa shape index (κ1) is 14.8. The number of rotatable bonds is 4. The number of methoxy groups -OCH3 is 2. The van der Waals surface area contributed by atoms with Gasteiger partial charge in [0, 0.05) is 21.8 Å². The van der Waals surface area contributed by atoms with Gasteiger partial charge in [-0.1, -0.05) is 11.6 Å². The maximum absolute atomic E-state index is 11.7. The molecule has 20 heavy (non-hydrogen) atoms. The first-order valence-corrected chi connectivity index (χ1v) is 7.20. The molecule has 0 unspecified atom stereocenters. The van der Waals surface area contributed by atoms with Gasteiger partial charge in [-0.25, -0.2) is 4.79 Å². The zero-order valence-electron chi connectivity index (χ0n) is 11.1. The van der Waals surface area contributed by atoms with E-state index in [-0.39, 0.29) is 0 Å². The van der Waals surface area contributed by atoms with E-state index in [1.807, 2.05) is 35.4 Å². The molecule has 1 aromatic rings. The molecule has 0 saturated carbocycles. The summed E-state index contributed by atoms with van der Waals surface area (Å²) in [4.78, 5) is 14.6.